The molecule has 1 rings (SSSR count). The molecular weight excluding hydrogens is 158 g/mol. The van der Waals surface area contributed by atoms with E-state index in [-0.39, 0.29) is 0 Å². The highest BCUT2D eigenvalue weighted by Gasteiger charge is 2.29. The molecule has 1 aliphatic carbocycles. The van der Waals surface area contributed by atoms with Crippen molar-refractivity contribution in [3.63, 3.8) is 0 Å². The molecule has 1 N–H and O–H groups in total. The molecule has 1 saturated carbocycles. The molecule has 1 fully saturated rings. The molecule has 0 aromatic carbocycles. The quantitative estimate of drug-likeness (QED) is 0.598. The monoisotopic (exact) mass is 183 g/mol. The second-order valence-corrected chi connectivity index (χ2v) is 4.44. The van der Waals surface area contributed by atoms with Gasteiger partial charge in [0.25, 0.3) is 0 Å². The van der Waals surface area contributed by atoms with Crippen molar-refractivity contribution in [3.05, 3.63) is 0 Å². The Morgan fingerprint density at radius 2 is 1.85 bits per heavy atom. The summed E-state index contributed by atoms with van der Waals surface area (Å²) in [5.41, 5.74) is 0. The highest BCUT2D eigenvalue weighted by Crippen LogP contribution is 2.37. The minimum Gasteiger partial charge on any atom is -0.316 e. The van der Waals surface area contributed by atoms with Gasteiger partial charge in [0.15, 0.2) is 0 Å². The Hall–Kier alpha value is -0.0400. The third-order valence-corrected chi connectivity index (χ3v) is 3.34. The standard InChI is InChI=1S/C12H25N/c1-3-5-6-11-7-8-12(11)10-13-9-4-2/h11-13H,3-10H2,1-2H3. The average molecular weight is 183 g/mol. The molecule has 78 valence electrons. The Bertz CT molecular complexity index is 122. The van der Waals surface area contributed by atoms with E-state index in [2.05, 4.69) is 19.2 Å². The lowest BCUT2D eigenvalue weighted by Gasteiger charge is -2.37. The molecule has 0 heterocycles. The largest absolute Gasteiger partial charge is 0.316 e. The van der Waals surface area contributed by atoms with Crippen LogP contribution in [0, 0.1) is 11.8 Å². The van der Waals surface area contributed by atoms with Crippen LogP contribution < -0.4 is 5.32 Å². The van der Waals surface area contributed by atoms with Crippen LogP contribution in [0.1, 0.15) is 52.4 Å². The van der Waals surface area contributed by atoms with Gasteiger partial charge in [-0.3, -0.25) is 0 Å². The average Bonchev–Trinajstić information content (AvgIpc) is 2.11. The van der Waals surface area contributed by atoms with E-state index in [4.69, 9.17) is 0 Å². The molecule has 0 amide bonds. The first-order chi connectivity index (χ1) is 6.38. The number of unbranched alkanes of at least 4 members (excludes halogenated alkanes) is 1. The van der Waals surface area contributed by atoms with Crippen LogP contribution in [0.2, 0.25) is 0 Å². The lowest BCUT2D eigenvalue weighted by molar-refractivity contribution is 0.157. The summed E-state index contributed by atoms with van der Waals surface area (Å²) in [5, 5.41) is 3.54. The van der Waals surface area contributed by atoms with Crippen LogP contribution in [0.4, 0.5) is 0 Å². The fourth-order valence-corrected chi connectivity index (χ4v) is 2.22. The summed E-state index contributed by atoms with van der Waals surface area (Å²) in [7, 11) is 0. The molecule has 2 unspecified atom stereocenters. The summed E-state index contributed by atoms with van der Waals surface area (Å²) in [6.07, 6.45) is 8.53. The van der Waals surface area contributed by atoms with Crippen molar-refractivity contribution in [1.29, 1.82) is 0 Å². The summed E-state index contributed by atoms with van der Waals surface area (Å²) in [4.78, 5) is 0. The van der Waals surface area contributed by atoms with Crippen molar-refractivity contribution < 1.29 is 0 Å². The first-order valence-corrected chi connectivity index (χ1v) is 6.09. The predicted molar refractivity (Wildman–Crippen MR) is 58.9 cm³/mol. The van der Waals surface area contributed by atoms with E-state index >= 15 is 0 Å². The second kappa shape index (κ2) is 6.42. The number of hydrogen-bond acceptors (Lipinski definition) is 1. The first-order valence-electron chi connectivity index (χ1n) is 6.09. The number of rotatable bonds is 7. The molecule has 0 saturated heterocycles. The lowest BCUT2D eigenvalue weighted by atomic mass is 9.71. The van der Waals surface area contributed by atoms with E-state index in [1.807, 2.05) is 0 Å². The van der Waals surface area contributed by atoms with Gasteiger partial charge in [-0.2, -0.15) is 0 Å². The van der Waals surface area contributed by atoms with E-state index in [9.17, 15) is 0 Å². The molecule has 1 nitrogen and oxygen atoms in total. The zero-order chi connectivity index (χ0) is 9.52. The van der Waals surface area contributed by atoms with E-state index in [0.29, 0.717) is 0 Å². The van der Waals surface area contributed by atoms with E-state index in [1.54, 1.807) is 0 Å². The summed E-state index contributed by atoms with van der Waals surface area (Å²) >= 11 is 0. The molecule has 0 spiro atoms. The Kier molecular flexibility index (Phi) is 5.45. The summed E-state index contributed by atoms with van der Waals surface area (Å²) < 4.78 is 0. The Morgan fingerprint density at radius 3 is 2.38 bits per heavy atom. The maximum Gasteiger partial charge on any atom is -0.00179 e. The van der Waals surface area contributed by atoms with E-state index < -0.39 is 0 Å². The van der Waals surface area contributed by atoms with Crippen molar-refractivity contribution >= 4 is 0 Å². The summed E-state index contributed by atoms with van der Waals surface area (Å²) in [6, 6.07) is 0. The summed E-state index contributed by atoms with van der Waals surface area (Å²) in [5.74, 6) is 2.07. The fraction of sp³-hybridized carbons (Fsp3) is 1.00. The van der Waals surface area contributed by atoms with Crippen LogP contribution in [-0.4, -0.2) is 13.1 Å². The van der Waals surface area contributed by atoms with E-state index in [0.717, 1.165) is 11.8 Å². The van der Waals surface area contributed by atoms with Crippen molar-refractivity contribution in [2.45, 2.75) is 52.4 Å². The Morgan fingerprint density at radius 1 is 1.08 bits per heavy atom. The van der Waals surface area contributed by atoms with Gasteiger partial charge in [-0.1, -0.05) is 33.1 Å². The SMILES string of the molecule is CCCCC1CCC1CNCCC. The number of nitrogens with one attached hydrogen (secondary N) is 1. The van der Waals surface area contributed by atoms with Crippen molar-refractivity contribution in [2.24, 2.45) is 11.8 Å². The molecule has 2 atom stereocenters. The third kappa shape index (κ3) is 3.68. The fourth-order valence-electron chi connectivity index (χ4n) is 2.22. The maximum absolute atomic E-state index is 3.54. The van der Waals surface area contributed by atoms with Crippen molar-refractivity contribution in [1.82, 2.24) is 5.32 Å². The molecule has 0 radical (unpaired) electrons. The Labute approximate surface area is 83.3 Å². The molecule has 0 aromatic rings. The smallest absolute Gasteiger partial charge is 0.00179 e. The highest BCUT2D eigenvalue weighted by atomic mass is 14.9. The topological polar surface area (TPSA) is 12.0 Å². The van der Waals surface area contributed by atoms with Gasteiger partial charge in [0.05, 0.1) is 0 Å². The van der Waals surface area contributed by atoms with Gasteiger partial charge in [-0.05, 0) is 44.2 Å². The van der Waals surface area contributed by atoms with Crippen LogP contribution in [0.3, 0.4) is 0 Å². The minimum absolute atomic E-state index is 1.01. The van der Waals surface area contributed by atoms with Crippen molar-refractivity contribution in [2.75, 3.05) is 13.1 Å². The van der Waals surface area contributed by atoms with Gasteiger partial charge in [-0.15, -0.1) is 0 Å². The van der Waals surface area contributed by atoms with Gasteiger partial charge in [0.2, 0.25) is 0 Å². The number of hydrogen-bond donors (Lipinski definition) is 1. The zero-order valence-electron chi connectivity index (χ0n) is 9.31. The predicted octanol–water partition coefficient (Wildman–Crippen LogP) is 3.20. The molecule has 13 heavy (non-hydrogen) atoms. The van der Waals surface area contributed by atoms with Gasteiger partial charge in [-0.25, -0.2) is 0 Å². The molecule has 0 bridgehead atoms. The molecule has 1 heteroatoms. The minimum atomic E-state index is 1.01. The normalized spacial score (nSPS) is 27.2. The summed E-state index contributed by atoms with van der Waals surface area (Å²) in [6.45, 7) is 7.02. The molecule has 0 aliphatic heterocycles. The van der Waals surface area contributed by atoms with E-state index in [1.165, 1.54) is 51.6 Å². The van der Waals surface area contributed by atoms with Gasteiger partial charge in [0, 0.05) is 0 Å². The Balaban J connectivity index is 1.99. The third-order valence-electron chi connectivity index (χ3n) is 3.34. The molecular formula is C12H25N. The lowest BCUT2D eigenvalue weighted by Crippen LogP contribution is -2.35. The zero-order valence-corrected chi connectivity index (χ0v) is 9.31. The molecule has 0 aromatic heterocycles. The van der Waals surface area contributed by atoms with Gasteiger partial charge in [0.1, 0.15) is 0 Å². The van der Waals surface area contributed by atoms with Gasteiger partial charge < -0.3 is 5.32 Å². The molecule has 1 aliphatic rings. The first kappa shape index (κ1) is 11.0. The van der Waals surface area contributed by atoms with Crippen LogP contribution >= 0.6 is 0 Å². The van der Waals surface area contributed by atoms with Crippen LogP contribution in [0.15, 0.2) is 0 Å². The van der Waals surface area contributed by atoms with Crippen molar-refractivity contribution in [3.8, 4) is 0 Å². The highest BCUT2D eigenvalue weighted by molar-refractivity contribution is 4.81. The van der Waals surface area contributed by atoms with Crippen LogP contribution in [0.5, 0.6) is 0 Å². The van der Waals surface area contributed by atoms with Gasteiger partial charge >= 0.3 is 0 Å². The second-order valence-electron chi connectivity index (χ2n) is 4.44. The van der Waals surface area contributed by atoms with Crippen LogP contribution in [0.25, 0.3) is 0 Å². The maximum atomic E-state index is 3.54. The van der Waals surface area contributed by atoms with Crippen LogP contribution in [-0.2, 0) is 0 Å².